The summed E-state index contributed by atoms with van der Waals surface area (Å²) in [7, 11) is 3.73. The number of fused-ring (bicyclic) bond motifs is 11. The van der Waals surface area contributed by atoms with E-state index < -0.39 is 52.4 Å². The van der Waals surface area contributed by atoms with Crippen molar-refractivity contribution in [3.8, 4) is 28.7 Å². The fourth-order valence-corrected chi connectivity index (χ4v) is 12.7. The van der Waals surface area contributed by atoms with Crippen LogP contribution in [0.2, 0.25) is 0 Å². The molecule has 8 heterocycles. The average Bonchev–Trinajstić information content (AvgIpc) is 3.85. The van der Waals surface area contributed by atoms with Gasteiger partial charge >= 0.3 is 12.1 Å². The number of ether oxygens (including phenoxy) is 7. The third kappa shape index (κ3) is 6.20. The summed E-state index contributed by atoms with van der Waals surface area (Å²) in [6.07, 6.45) is -0.610. The van der Waals surface area contributed by atoms with Gasteiger partial charge in [0, 0.05) is 51.5 Å². The minimum Gasteiger partial charge on any atom is -0.493 e. The third-order valence-electron chi connectivity index (χ3n) is 13.3. The SMILES string of the molecule is COc1c(C)cc2c(c1OC(C)(C)C)[C@H]1C3[C@@H]4SC[C@]5(NCCc6c5[nH]c5ccccc65)C(=O)OC[C@@H](c5c6c(c(C)c(OC(=O)OC(C)(C)C)c54)OCO6)N3[C@@H](O)[C@@H](C2)N1C. The summed E-state index contributed by atoms with van der Waals surface area (Å²) in [4.78, 5) is 36.9. The van der Waals surface area contributed by atoms with Gasteiger partial charge in [-0.15, -0.1) is 11.8 Å². The Kier molecular flexibility index (Phi) is 9.62. The summed E-state index contributed by atoms with van der Waals surface area (Å²) in [5.41, 5.74) is 5.06. The molecule has 0 saturated carbocycles. The number of hydrogen-bond donors (Lipinski definition) is 3. The Morgan fingerprint density at radius 2 is 1.74 bits per heavy atom. The standard InChI is InChI=1S/C47H56N4O10S/c1-22-17-24-18-28-42(52)51-29-19-56-43(53)47(41-26(15-16-48-47)25-13-11-12-14-27(25)49-41)20-62-40(34(51)33(50(28)9)30(24)39(35(22)55-10)60-45(3,4)5)32-31(29)38-37(57-21-58-38)23(2)36(32)59-44(54)61-46(6,7)8/h11-14,17,28-29,33-34,40,42,48-49,52H,15-16,18-21H2,1-10H3/t28-,29+,33+,34?,40-,42+,47-/m1/s1. The van der Waals surface area contributed by atoms with Crippen molar-refractivity contribution in [1.82, 2.24) is 20.1 Å². The number of para-hydroxylation sites is 1. The van der Waals surface area contributed by atoms with Crippen molar-refractivity contribution in [1.29, 1.82) is 0 Å². The predicted molar refractivity (Wildman–Crippen MR) is 232 cm³/mol. The number of H-pyrrole nitrogens is 1. The lowest BCUT2D eigenvalue weighted by Crippen LogP contribution is -2.70. The largest absolute Gasteiger partial charge is 0.514 e. The van der Waals surface area contributed by atoms with Crippen molar-refractivity contribution in [2.45, 2.75) is 121 Å². The van der Waals surface area contributed by atoms with E-state index in [0.29, 0.717) is 58.4 Å². The maximum atomic E-state index is 15.0. The number of rotatable bonds is 3. The van der Waals surface area contributed by atoms with Crippen LogP contribution in [0.5, 0.6) is 28.7 Å². The lowest BCUT2D eigenvalue weighted by Gasteiger charge is -2.62. The zero-order valence-electron chi connectivity index (χ0n) is 37.0. The molecule has 7 atom stereocenters. The van der Waals surface area contributed by atoms with Gasteiger partial charge in [-0.3, -0.25) is 15.1 Å². The molecule has 3 N–H and O–H groups in total. The maximum Gasteiger partial charge on any atom is 0.514 e. The van der Waals surface area contributed by atoms with E-state index in [9.17, 15) is 9.90 Å². The van der Waals surface area contributed by atoms with Crippen LogP contribution in [-0.2, 0) is 32.6 Å². The van der Waals surface area contributed by atoms with Crippen LogP contribution in [0.4, 0.5) is 4.79 Å². The summed E-state index contributed by atoms with van der Waals surface area (Å²) < 4.78 is 44.3. The average molecular weight is 869 g/mol. The van der Waals surface area contributed by atoms with Crippen LogP contribution < -0.4 is 29.0 Å². The molecule has 0 amide bonds. The Morgan fingerprint density at radius 3 is 2.48 bits per heavy atom. The summed E-state index contributed by atoms with van der Waals surface area (Å²) in [6.45, 7) is 15.7. The first-order valence-electron chi connectivity index (χ1n) is 21.5. The molecule has 0 aliphatic carbocycles. The molecule has 7 aliphatic heterocycles. The number of thioether (sulfide) groups is 1. The molecule has 1 unspecified atom stereocenters. The highest BCUT2D eigenvalue weighted by Crippen LogP contribution is 2.64. The van der Waals surface area contributed by atoms with Crippen molar-refractivity contribution < 1.29 is 47.9 Å². The number of esters is 1. The number of benzene rings is 3. The highest BCUT2D eigenvalue weighted by Gasteiger charge is 2.62. The monoisotopic (exact) mass is 868 g/mol. The van der Waals surface area contributed by atoms with Crippen LogP contribution in [0, 0.1) is 13.8 Å². The molecular weight excluding hydrogens is 813 g/mol. The second-order valence-electron chi connectivity index (χ2n) is 19.4. The van der Waals surface area contributed by atoms with E-state index in [2.05, 4.69) is 39.3 Å². The Labute approximate surface area is 365 Å². The Balaban J connectivity index is 1.24. The molecule has 4 bridgehead atoms. The van der Waals surface area contributed by atoms with E-state index in [1.165, 1.54) is 0 Å². The molecular formula is C47H56N4O10S. The van der Waals surface area contributed by atoms with Crippen LogP contribution in [0.15, 0.2) is 30.3 Å². The fraction of sp³-hybridized carbons (Fsp3) is 0.532. The molecule has 1 spiro atoms. The van der Waals surface area contributed by atoms with Crippen molar-refractivity contribution in [3.63, 3.8) is 0 Å². The van der Waals surface area contributed by atoms with Crippen LogP contribution in [0.1, 0.15) is 104 Å². The number of aliphatic hydroxyl groups is 1. The number of carbonyl (C=O) groups excluding carboxylic acids is 2. The van der Waals surface area contributed by atoms with E-state index >= 15 is 4.79 Å². The first kappa shape index (κ1) is 41.3. The number of piperazine rings is 1. The number of likely N-dealkylation sites (N-methyl/N-ethyl adjacent to an activating group) is 1. The van der Waals surface area contributed by atoms with Crippen LogP contribution in [0.3, 0.4) is 0 Å². The molecule has 62 heavy (non-hydrogen) atoms. The molecule has 15 heteroatoms. The Hall–Kier alpha value is -4.67. The molecule has 2 fully saturated rings. The van der Waals surface area contributed by atoms with E-state index in [1.54, 1.807) is 39.6 Å². The minimum atomic E-state index is -1.26. The number of hydrogen-bond acceptors (Lipinski definition) is 14. The quantitative estimate of drug-likeness (QED) is 0.143. The highest BCUT2D eigenvalue weighted by molar-refractivity contribution is 7.99. The number of carbonyl (C=O) groups is 2. The first-order chi connectivity index (χ1) is 29.4. The molecule has 4 aromatic rings. The van der Waals surface area contributed by atoms with Crippen molar-refractivity contribution >= 4 is 34.8 Å². The van der Waals surface area contributed by atoms with Gasteiger partial charge in [-0.25, -0.2) is 9.59 Å². The number of aromatic nitrogens is 1. The number of aromatic amines is 1. The predicted octanol–water partition coefficient (Wildman–Crippen LogP) is 7.04. The van der Waals surface area contributed by atoms with Gasteiger partial charge in [0.15, 0.2) is 28.5 Å². The van der Waals surface area contributed by atoms with Crippen molar-refractivity contribution in [3.05, 3.63) is 75.0 Å². The Bertz CT molecular complexity index is 2530. The highest BCUT2D eigenvalue weighted by atomic mass is 32.2. The zero-order valence-corrected chi connectivity index (χ0v) is 37.8. The van der Waals surface area contributed by atoms with Gasteiger partial charge < -0.3 is 43.2 Å². The molecule has 14 nitrogen and oxygen atoms in total. The second-order valence-corrected chi connectivity index (χ2v) is 20.6. The summed E-state index contributed by atoms with van der Waals surface area (Å²) in [5, 5.41) is 17.1. The number of nitrogens with zero attached hydrogens (tertiary/aromatic N) is 2. The smallest absolute Gasteiger partial charge is 0.493 e. The van der Waals surface area contributed by atoms with E-state index in [4.69, 9.17) is 33.2 Å². The second kappa shape index (κ2) is 14.4. The van der Waals surface area contributed by atoms with Crippen LogP contribution in [-0.4, -0.2) is 101 Å². The van der Waals surface area contributed by atoms with Crippen molar-refractivity contribution in [2.24, 2.45) is 0 Å². The van der Waals surface area contributed by atoms with Gasteiger partial charge in [0.2, 0.25) is 6.79 Å². The zero-order chi connectivity index (χ0) is 43.8. The maximum absolute atomic E-state index is 15.0. The van der Waals surface area contributed by atoms with E-state index in [-0.39, 0.29) is 31.2 Å². The topological polar surface area (TPSA) is 153 Å². The molecule has 330 valence electrons. The fourth-order valence-electron chi connectivity index (χ4n) is 11.0. The Morgan fingerprint density at radius 1 is 0.984 bits per heavy atom. The first-order valence-corrected chi connectivity index (χ1v) is 22.5. The van der Waals surface area contributed by atoms with Gasteiger partial charge in [0.25, 0.3) is 0 Å². The molecule has 0 radical (unpaired) electrons. The molecule has 11 rings (SSSR count). The molecule has 1 aromatic heterocycles. The van der Waals surface area contributed by atoms with Gasteiger partial charge in [-0.05, 0) is 98.0 Å². The normalized spacial score (nSPS) is 27.8. The van der Waals surface area contributed by atoms with Gasteiger partial charge in [-0.2, -0.15) is 0 Å². The number of aryl methyl sites for hydroxylation is 1. The molecule has 2 saturated heterocycles. The number of aliphatic hydroxyl groups excluding tert-OH is 1. The van der Waals surface area contributed by atoms with E-state index in [0.717, 1.165) is 45.3 Å². The minimum absolute atomic E-state index is 0.0565. The number of nitrogens with one attached hydrogen (secondary N) is 2. The van der Waals surface area contributed by atoms with Gasteiger partial charge in [0.05, 0.1) is 36.2 Å². The summed E-state index contributed by atoms with van der Waals surface area (Å²) in [6, 6.07) is 8.29. The lowest BCUT2D eigenvalue weighted by atomic mass is 9.73. The van der Waals surface area contributed by atoms with Crippen LogP contribution in [0.25, 0.3) is 10.9 Å². The lowest BCUT2D eigenvalue weighted by molar-refractivity contribution is -0.186. The van der Waals surface area contributed by atoms with E-state index in [1.807, 2.05) is 52.8 Å². The van der Waals surface area contributed by atoms with Crippen LogP contribution >= 0.6 is 11.8 Å². The summed E-state index contributed by atoms with van der Waals surface area (Å²) in [5.74, 6) is 2.34. The molecule has 7 aliphatic rings. The molecule has 3 aromatic carbocycles. The van der Waals surface area contributed by atoms with Gasteiger partial charge in [-0.1, -0.05) is 24.3 Å². The number of methoxy groups -OCH3 is 1. The summed E-state index contributed by atoms with van der Waals surface area (Å²) >= 11 is 1.57. The van der Waals surface area contributed by atoms with Gasteiger partial charge in [0.1, 0.15) is 29.8 Å². The third-order valence-corrected chi connectivity index (χ3v) is 14.8. The van der Waals surface area contributed by atoms with Crippen molar-refractivity contribution in [2.75, 3.05) is 39.9 Å².